The highest BCUT2D eigenvalue weighted by molar-refractivity contribution is 5.97. The molecular weight excluding hydrogens is 306 g/mol. The second kappa shape index (κ2) is 10.3. The lowest BCUT2D eigenvalue weighted by molar-refractivity contribution is -0.117. The molecule has 0 fully saturated rings. The number of methoxy groups -OCH3 is 1. The molecule has 0 saturated heterocycles. The van der Waals surface area contributed by atoms with Crippen LogP contribution >= 0.6 is 0 Å². The summed E-state index contributed by atoms with van der Waals surface area (Å²) >= 11 is 0. The minimum absolute atomic E-state index is 0.0172. The summed E-state index contributed by atoms with van der Waals surface area (Å²) < 4.78 is 10.5. The third-order valence-electron chi connectivity index (χ3n) is 3.37. The summed E-state index contributed by atoms with van der Waals surface area (Å²) in [7, 11) is 1.55. The van der Waals surface area contributed by atoms with Gasteiger partial charge in [-0.1, -0.05) is 17.7 Å². The Balaban J connectivity index is 2.82. The second-order valence-corrected chi connectivity index (χ2v) is 5.28. The van der Waals surface area contributed by atoms with Gasteiger partial charge < -0.3 is 20.1 Å². The van der Waals surface area contributed by atoms with Gasteiger partial charge in [0.2, 0.25) is 0 Å². The van der Waals surface area contributed by atoms with Crippen LogP contribution in [0.2, 0.25) is 0 Å². The molecule has 0 bridgehead atoms. The average Bonchev–Trinajstić information content (AvgIpc) is 2.57. The predicted molar refractivity (Wildman–Crippen MR) is 92.5 cm³/mol. The molecule has 6 heteroatoms. The fourth-order valence-electron chi connectivity index (χ4n) is 2.10. The lowest BCUT2D eigenvalue weighted by Crippen LogP contribution is -2.29. The van der Waals surface area contributed by atoms with Crippen LogP contribution in [-0.2, 0) is 9.53 Å². The number of nitrogens with one attached hydrogen (secondary N) is 2. The summed E-state index contributed by atoms with van der Waals surface area (Å²) in [5.74, 6) is 0.364. The summed E-state index contributed by atoms with van der Waals surface area (Å²) in [5, 5.41) is 14.9. The highest BCUT2D eigenvalue weighted by Gasteiger charge is 2.13. The summed E-state index contributed by atoms with van der Waals surface area (Å²) in [4.78, 5) is 11.9. The Hall–Kier alpha value is -2.52. The van der Waals surface area contributed by atoms with E-state index in [1.54, 1.807) is 7.11 Å². The van der Waals surface area contributed by atoms with Crippen LogP contribution in [0, 0.1) is 18.3 Å². The lowest BCUT2D eigenvalue weighted by Gasteiger charge is -2.18. The van der Waals surface area contributed by atoms with Crippen LogP contribution in [0.3, 0.4) is 0 Å². The summed E-state index contributed by atoms with van der Waals surface area (Å²) in [6.45, 7) is 7.21. The van der Waals surface area contributed by atoms with Crippen LogP contribution in [0.4, 0.5) is 0 Å². The molecule has 1 atom stereocenters. The van der Waals surface area contributed by atoms with E-state index in [1.165, 1.54) is 6.20 Å². The molecule has 1 unspecified atom stereocenters. The number of nitriles is 1. The van der Waals surface area contributed by atoms with E-state index >= 15 is 0 Å². The standard InChI is InChI=1S/C18H25N3O3/c1-5-24-17-7-6-13(2)10-16(17)14(3)21-12-15(11-19)18(22)20-8-9-23-4/h6-7,10,12,14,21H,5,8-9H2,1-4H3,(H,20,22)/b15-12-. The Morgan fingerprint density at radius 2 is 2.21 bits per heavy atom. The van der Waals surface area contributed by atoms with Crippen molar-refractivity contribution in [2.45, 2.75) is 26.8 Å². The fraction of sp³-hybridized carbons (Fsp3) is 0.444. The number of ether oxygens (including phenoxy) is 2. The molecule has 1 amide bonds. The molecule has 0 spiro atoms. The number of hydrogen-bond donors (Lipinski definition) is 2. The molecule has 130 valence electrons. The largest absolute Gasteiger partial charge is 0.494 e. The van der Waals surface area contributed by atoms with Crippen molar-refractivity contribution in [1.29, 1.82) is 5.26 Å². The zero-order valence-corrected chi connectivity index (χ0v) is 14.7. The first kappa shape index (κ1) is 19.5. The molecule has 1 aromatic rings. The SMILES string of the molecule is CCOc1ccc(C)cc1C(C)N/C=C(/C#N)C(=O)NCCOC. The predicted octanol–water partition coefficient (Wildman–Crippen LogP) is 2.21. The number of rotatable bonds is 9. The number of carbonyl (C=O) groups is 1. The minimum atomic E-state index is -0.427. The first-order valence-corrected chi connectivity index (χ1v) is 7.90. The molecule has 0 heterocycles. The second-order valence-electron chi connectivity index (χ2n) is 5.28. The summed E-state index contributed by atoms with van der Waals surface area (Å²) in [5.41, 5.74) is 2.11. The number of benzene rings is 1. The Morgan fingerprint density at radius 3 is 2.83 bits per heavy atom. The quantitative estimate of drug-likeness (QED) is 0.412. The van der Waals surface area contributed by atoms with Gasteiger partial charge in [-0.25, -0.2) is 0 Å². The molecule has 0 radical (unpaired) electrons. The molecule has 6 nitrogen and oxygen atoms in total. The summed E-state index contributed by atoms with van der Waals surface area (Å²) in [6, 6.07) is 7.74. The average molecular weight is 331 g/mol. The first-order valence-electron chi connectivity index (χ1n) is 7.90. The van der Waals surface area contributed by atoms with E-state index in [9.17, 15) is 4.79 Å². The number of aryl methyl sites for hydroxylation is 1. The van der Waals surface area contributed by atoms with Gasteiger partial charge >= 0.3 is 0 Å². The van der Waals surface area contributed by atoms with E-state index in [1.807, 2.05) is 45.0 Å². The van der Waals surface area contributed by atoms with Crippen molar-refractivity contribution in [2.75, 3.05) is 26.9 Å². The van der Waals surface area contributed by atoms with Crippen molar-refractivity contribution in [3.8, 4) is 11.8 Å². The smallest absolute Gasteiger partial charge is 0.263 e. The van der Waals surface area contributed by atoms with Gasteiger partial charge in [0.25, 0.3) is 5.91 Å². The number of carbonyl (C=O) groups excluding carboxylic acids is 1. The highest BCUT2D eigenvalue weighted by Crippen LogP contribution is 2.26. The van der Waals surface area contributed by atoms with Crippen molar-refractivity contribution < 1.29 is 14.3 Å². The molecule has 0 aliphatic carbocycles. The summed E-state index contributed by atoms with van der Waals surface area (Å²) in [6.07, 6.45) is 1.44. The maximum absolute atomic E-state index is 11.9. The van der Waals surface area contributed by atoms with Crippen molar-refractivity contribution in [3.63, 3.8) is 0 Å². The van der Waals surface area contributed by atoms with Gasteiger partial charge in [-0.3, -0.25) is 4.79 Å². The van der Waals surface area contributed by atoms with Crippen LogP contribution in [0.25, 0.3) is 0 Å². The molecule has 1 rings (SSSR count). The Kier molecular flexibility index (Phi) is 8.37. The van der Waals surface area contributed by atoms with E-state index in [4.69, 9.17) is 14.7 Å². The van der Waals surface area contributed by atoms with Crippen LogP contribution in [0.5, 0.6) is 5.75 Å². The maximum atomic E-state index is 11.9. The Labute approximate surface area is 143 Å². The molecule has 0 aromatic heterocycles. The van der Waals surface area contributed by atoms with E-state index in [2.05, 4.69) is 10.6 Å². The fourth-order valence-corrected chi connectivity index (χ4v) is 2.10. The van der Waals surface area contributed by atoms with Gasteiger partial charge in [0, 0.05) is 25.4 Å². The van der Waals surface area contributed by atoms with Gasteiger partial charge in [0.05, 0.1) is 19.3 Å². The van der Waals surface area contributed by atoms with Crippen LogP contribution < -0.4 is 15.4 Å². The molecule has 0 saturated carbocycles. The molecular formula is C18H25N3O3. The minimum Gasteiger partial charge on any atom is -0.494 e. The third kappa shape index (κ3) is 5.94. The van der Waals surface area contributed by atoms with Gasteiger partial charge in [-0.2, -0.15) is 5.26 Å². The van der Waals surface area contributed by atoms with Gasteiger partial charge in [0.15, 0.2) is 0 Å². The first-order chi connectivity index (χ1) is 11.5. The van der Waals surface area contributed by atoms with Gasteiger partial charge in [-0.15, -0.1) is 0 Å². The van der Waals surface area contributed by atoms with Crippen molar-refractivity contribution in [1.82, 2.24) is 10.6 Å². The normalized spacial score (nSPS) is 12.2. The maximum Gasteiger partial charge on any atom is 0.263 e. The molecule has 1 aromatic carbocycles. The van der Waals surface area contributed by atoms with Gasteiger partial charge in [0.1, 0.15) is 17.4 Å². The zero-order chi connectivity index (χ0) is 17.9. The van der Waals surface area contributed by atoms with Crippen LogP contribution in [-0.4, -0.2) is 32.8 Å². The Morgan fingerprint density at radius 1 is 1.46 bits per heavy atom. The van der Waals surface area contributed by atoms with Crippen molar-refractivity contribution in [3.05, 3.63) is 41.1 Å². The molecule has 2 N–H and O–H groups in total. The molecule has 0 aliphatic heterocycles. The zero-order valence-electron chi connectivity index (χ0n) is 14.7. The van der Waals surface area contributed by atoms with E-state index < -0.39 is 5.91 Å². The number of nitrogens with zero attached hydrogens (tertiary/aromatic N) is 1. The molecule has 24 heavy (non-hydrogen) atoms. The van der Waals surface area contributed by atoms with Crippen molar-refractivity contribution in [2.24, 2.45) is 0 Å². The molecule has 0 aliphatic rings. The monoisotopic (exact) mass is 331 g/mol. The topological polar surface area (TPSA) is 83.4 Å². The highest BCUT2D eigenvalue weighted by atomic mass is 16.5. The van der Waals surface area contributed by atoms with Crippen molar-refractivity contribution >= 4 is 5.91 Å². The van der Waals surface area contributed by atoms with E-state index in [0.29, 0.717) is 19.8 Å². The van der Waals surface area contributed by atoms with Gasteiger partial charge in [-0.05, 0) is 26.8 Å². The lowest BCUT2D eigenvalue weighted by atomic mass is 10.0. The Bertz CT molecular complexity index is 620. The third-order valence-corrected chi connectivity index (χ3v) is 3.37. The number of amides is 1. The van der Waals surface area contributed by atoms with E-state index in [0.717, 1.165) is 16.9 Å². The van der Waals surface area contributed by atoms with Crippen LogP contribution in [0.15, 0.2) is 30.0 Å². The number of hydrogen-bond acceptors (Lipinski definition) is 5. The van der Waals surface area contributed by atoms with Crippen LogP contribution in [0.1, 0.15) is 31.0 Å². The van der Waals surface area contributed by atoms with E-state index in [-0.39, 0.29) is 11.6 Å².